The first kappa shape index (κ1) is 20.6. The number of rotatable bonds is 8. The van der Waals surface area contributed by atoms with Crippen LogP contribution in [0.5, 0.6) is 5.88 Å². The van der Waals surface area contributed by atoms with Crippen molar-refractivity contribution in [3.05, 3.63) is 54.0 Å². The normalized spacial score (nSPS) is 10.4. The van der Waals surface area contributed by atoms with Gasteiger partial charge in [-0.05, 0) is 36.9 Å². The molecular formula is C21H20FN5OS. The highest BCUT2D eigenvalue weighted by molar-refractivity contribution is 7.98. The summed E-state index contributed by atoms with van der Waals surface area (Å²) in [5.41, 5.74) is 1.75. The number of unbranched alkanes of at least 4 members (excludes halogenated alkanes) is 1. The zero-order valence-electron chi connectivity index (χ0n) is 16.1. The first-order chi connectivity index (χ1) is 14.2. The Kier molecular flexibility index (Phi) is 6.98. The molecule has 1 aromatic carbocycles. The molecule has 0 fully saturated rings. The van der Waals surface area contributed by atoms with Crippen molar-refractivity contribution in [2.24, 2.45) is 0 Å². The highest BCUT2D eigenvalue weighted by Crippen LogP contribution is 2.30. The fourth-order valence-corrected chi connectivity index (χ4v) is 2.96. The van der Waals surface area contributed by atoms with E-state index in [1.807, 2.05) is 12.3 Å². The highest BCUT2D eigenvalue weighted by Gasteiger charge is 2.16. The van der Waals surface area contributed by atoms with E-state index in [0.29, 0.717) is 28.8 Å². The Morgan fingerprint density at radius 3 is 2.83 bits per heavy atom. The van der Waals surface area contributed by atoms with Gasteiger partial charge in [0.05, 0.1) is 6.61 Å². The zero-order chi connectivity index (χ0) is 20.6. The Morgan fingerprint density at radius 1 is 1.24 bits per heavy atom. The van der Waals surface area contributed by atoms with Crippen LogP contribution >= 0.6 is 11.8 Å². The second kappa shape index (κ2) is 9.85. The number of nitrogens with zero attached hydrogens (tertiary/aromatic N) is 4. The number of nitrogens with one attached hydrogen (secondary N) is 1. The fraction of sp³-hybridized carbons (Fsp3) is 0.238. The van der Waals surface area contributed by atoms with Gasteiger partial charge in [0.15, 0.2) is 16.5 Å². The number of nitriles is 1. The number of halogens is 1. The summed E-state index contributed by atoms with van der Waals surface area (Å²) in [4.78, 5) is 12.8. The Hall–Kier alpha value is -3.18. The van der Waals surface area contributed by atoms with Gasteiger partial charge in [-0.25, -0.2) is 9.37 Å². The molecule has 0 atom stereocenters. The summed E-state index contributed by atoms with van der Waals surface area (Å²) in [5, 5.41) is 13.3. The van der Waals surface area contributed by atoms with Crippen LogP contribution in [0.4, 0.5) is 15.9 Å². The Labute approximate surface area is 173 Å². The average molecular weight is 409 g/mol. The number of benzene rings is 1. The van der Waals surface area contributed by atoms with Crippen molar-refractivity contribution in [3.63, 3.8) is 0 Å². The number of hydrogen-bond donors (Lipinski definition) is 1. The maximum atomic E-state index is 14.1. The van der Waals surface area contributed by atoms with E-state index in [0.717, 1.165) is 12.8 Å². The summed E-state index contributed by atoms with van der Waals surface area (Å²) in [6.07, 6.45) is 5.24. The number of ether oxygens (including phenoxy) is 1. The van der Waals surface area contributed by atoms with Crippen molar-refractivity contribution >= 4 is 23.3 Å². The summed E-state index contributed by atoms with van der Waals surface area (Å²) in [6.45, 7) is 2.54. The molecule has 0 saturated heterocycles. The number of hydrogen-bond acceptors (Lipinski definition) is 7. The van der Waals surface area contributed by atoms with Gasteiger partial charge in [0.25, 0.3) is 0 Å². The Balaban J connectivity index is 1.95. The molecule has 0 saturated carbocycles. The summed E-state index contributed by atoms with van der Waals surface area (Å²) >= 11 is 1.36. The van der Waals surface area contributed by atoms with Gasteiger partial charge in [-0.2, -0.15) is 10.2 Å². The van der Waals surface area contributed by atoms with Gasteiger partial charge in [0, 0.05) is 17.4 Å². The average Bonchev–Trinajstić information content (AvgIpc) is 2.74. The molecule has 0 radical (unpaired) electrons. The lowest BCUT2D eigenvalue weighted by molar-refractivity contribution is 0.294. The quantitative estimate of drug-likeness (QED) is 0.311. The van der Waals surface area contributed by atoms with Crippen LogP contribution in [0.3, 0.4) is 0 Å². The molecule has 0 aliphatic carbocycles. The topological polar surface area (TPSA) is 83.7 Å². The summed E-state index contributed by atoms with van der Waals surface area (Å²) in [7, 11) is 0. The van der Waals surface area contributed by atoms with Crippen molar-refractivity contribution in [2.45, 2.75) is 24.9 Å². The molecule has 0 amide bonds. The van der Waals surface area contributed by atoms with Gasteiger partial charge in [0.2, 0.25) is 5.88 Å². The van der Waals surface area contributed by atoms with Gasteiger partial charge in [-0.15, -0.1) is 0 Å². The monoisotopic (exact) mass is 409 g/mol. The number of aromatic nitrogens is 3. The Morgan fingerprint density at radius 2 is 2.10 bits per heavy atom. The van der Waals surface area contributed by atoms with E-state index in [4.69, 9.17) is 4.74 Å². The van der Waals surface area contributed by atoms with E-state index in [1.165, 1.54) is 17.8 Å². The molecule has 0 unspecified atom stereocenters. The highest BCUT2D eigenvalue weighted by atomic mass is 32.2. The lowest BCUT2D eigenvalue weighted by Crippen LogP contribution is -2.06. The third-order valence-electron chi connectivity index (χ3n) is 4.04. The van der Waals surface area contributed by atoms with Crippen molar-refractivity contribution in [1.29, 1.82) is 5.26 Å². The third kappa shape index (κ3) is 5.00. The predicted molar refractivity (Wildman–Crippen MR) is 112 cm³/mol. The molecule has 8 heteroatoms. The lowest BCUT2D eigenvalue weighted by Gasteiger charge is -2.13. The molecule has 1 N–H and O–H groups in total. The van der Waals surface area contributed by atoms with Gasteiger partial charge in [-0.1, -0.05) is 37.2 Å². The molecule has 0 aliphatic rings. The minimum atomic E-state index is -0.402. The number of pyridine rings is 1. The van der Waals surface area contributed by atoms with Crippen LogP contribution in [-0.2, 0) is 0 Å². The van der Waals surface area contributed by atoms with E-state index in [1.54, 1.807) is 30.5 Å². The molecule has 3 aromatic rings. The zero-order valence-corrected chi connectivity index (χ0v) is 17.0. The van der Waals surface area contributed by atoms with E-state index in [9.17, 15) is 9.65 Å². The van der Waals surface area contributed by atoms with Crippen molar-refractivity contribution in [2.75, 3.05) is 18.2 Å². The predicted octanol–water partition coefficient (Wildman–Crippen LogP) is 5.19. The Bertz CT molecular complexity index is 1040. The second-order valence-corrected chi connectivity index (χ2v) is 6.87. The SMILES string of the molecule is CCCCOc1nc(SC)nc(Nc2cccc(-c3ncccc3F)c2)c1C#N. The fourth-order valence-electron chi connectivity index (χ4n) is 2.60. The molecule has 2 aromatic heterocycles. The van der Waals surface area contributed by atoms with E-state index in [-0.39, 0.29) is 17.1 Å². The van der Waals surface area contributed by atoms with Crippen LogP contribution in [0.25, 0.3) is 11.3 Å². The molecule has 3 rings (SSSR count). The third-order valence-corrected chi connectivity index (χ3v) is 4.59. The standard InChI is InChI=1S/C21H20FN5OS/c1-3-4-11-28-20-16(13-23)19(26-21(27-20)29-2)25-15-8-5-7-14(12-15)18-17(22)9-6-10-24-18/h5-10,12H,3-4,11H2,1-2H3,(H,25,26,27). The summed E-state index contributed by atoms with van der Waals surface area (Å²) in [5.74, 6) is 0.201. The second-order valence-electron chi connectivity index (χ2n) is 6.09. The molecule has 148 valence electrons. The van der Waals surface area contributed by atoms with Crippen molar-refractivity contribution in [1.82, 2.24) is 15.0 Å². The van der Waals surface area contributed by atoms with Gasteiger partial charge in [0.1, 0.15) is 17.6 Å². The first-order valence-corrected chi connectivity index (χ1v) is 10.4. The van der Waals surface area contributed by atoms with Crippen LogP contribution in [0.15, 0.2) is 47.8 Å². The molecule has 29 heavy (non-hydrogen) atoms. The number of thioether (sulfide) groups is 1. The van der Waals surface area contributed by atoms with Crippen LogP contribution in [0, 0.1) is 17.1 Å². The molecular weight excluding hydrogens is 389 g/mol. The number of anilines is 2. The molecule has 0 spiro atoms. The summed E-state index contributed by atoms with van der Waals surface area (Å²) in [6, 6.07) is 12.2. The molecule has 6 nitrogen and oxygen atoms in total. The molecule has 2 heterocycles. The minimum absolute atomic E-state index is 0.230. The van der Waals surface area contributed by atoms with Crippen molar-refractivity contribution < 1.29 is 9.13 Å². The molecule has 0 aliphatic heterocycles. The largest absolute Gasteiger partial charge is 0.477 e. The maximum absolute atomic E-state index is 14.1. The van der Waals surface area contributed by atoms with Crippen LogP contribution < -0.4 is 10.1 Å². The van der Waals surface area contributed by atoms with E-state index in [2.05, 4.69) is 33.3 Å². The van der Waals surface area contributed by atoms with Crippen LogP contribution in [0.2, 0.25) is 0 Å². The van der Waals surface area contributed by atoms with Crippen LogP contribution in [-0.4, -0.2) is 27.8 Å². The van der Waals surface area contributed by atoms with E-state index < -0.39 is 5.82 Å². The van der Waals surface area contributed by atoms with Crippen LogP contribution in [0.1, 0.15) is 25.3 Å². The minimum Gasteiger partial charge on any atom is -0.477 e. The van der Waals surface area contributed by atoms with Gasteiger partial charge < -0.3 is 10.1 Å². The van der Waals surface area contributed by atoms with E-state index >= 15 is 0 Å². The van der Waals surface area contributed by atoms with Gasteiger partial charge >= 0.3 is 0 Å². The first-order valence-electron chi connectivity index (χ1n) is 9.13. The van der Waals surface area contributed by atoms with Gasteiger partial charge in [-0.3, -0.25) is 4.98 Å². The summed E-state index contributed by atoms with van der Waals surface area (Å²) < 4.78 is 19.8. The van der Waals surface area contributed by atoms with Crippen molar-refractivity contribution in [3.8, 4) is 23.2 Å². The lowest BCUT2D eigenvalue weighted by atomic mass is 10.1. The molecule has 0 bridgehead atoms. The maximum Gasteiger partial charge on any atom is 0.238 e. The smallest absolute Gasteiger partial charge is 0.238 e.